The van der Waals surface area contributed by atoms with Crippen LogP contribution in [0, 0.1) is 0 Å². The van der Waals surface area contributed by atoms with E-state index in [9.17, 15) is 0 Å². The number of methoxy groups -OCH3 is 1. The second-order valence-corrected chi connectivity index (χ2v) is 4.87. The highest BCUT2D eigenvalue weighted by Crippen LogP contribution is 2.23. The van der Waals surface area contributed by atoms with Crippen LogP contribution in [-0.2, 0) is 6.54 Å². The molecule has 0 fully saturated rings. The molecule has 1 aromatic heterocycles. The van der Waals surface area contributed by atoms with Gasteiger partial charge >= 0.3 is 0 Å². The number of rotatable bonds is 4. The molecule has 1 aromatic carbocycles. The number of ether oxygens (including phenoxy) is 1. The molecule has 0 atom stereocenters. The van der Waals surface area contributed by atoms with Crippen molar-refractivity contribution in [3.63, 3.8) is 0 Å². The molecule has 2 aromatic rings. The van der Waals surface area contributed by atoms with E-state index in [1.807, 2.05) is 31.3 Å². The summed E-state index contributed by atoms with van der Waals surface area (Å²) in [5.74, 6) is 1.81. The summed E-state index contributed by atoms with van der Waals surface area (Å²) in [6.45, 7) is 0.805. The first-order valence-corrected chi connectivity index (χ1v) is 6.44. The van der Waals surface area contributed by atoms with E-state index in [1.54, 1.807) is 13.3 Å². The Morgan fingerprint density at radius 1 is 1.22 bits per heavy atom. The van der Waals surface area contributed by atoms with Gasteiger partial charge in [0.15, 0.2) is 0 Å². The Hall–Kier alpha value is -1.55. The van der Waals surface area contributed by atoms with Crippen LogP contribution in [0.5, 0.6) is 5.75 Å². The van der Waals surface area contributed by atoms with Gasteiger partial charge in [-0.25, -0.2) is 4.98 Å². The normalized spacial score (nSPS) is 10.2. The molecule has 0 N–H and O–H groups in total. The highest BCUT2D eigenvalue weighted by atomic mass is 79.9. The van der Waals surface area contributed by atoms with Crippen molar-refractivity contribution in [3.8, 4) is 5.75 Å². The number of anilines is 1. The Bertz CT molecular complexity index is 513. The van der Waals surface area contributed by atoms with Gasteiger partial charge in [0, 0.05) is 19.8 Å². The van der Waals surface area contributed by atoms with Crippen molar-refractivity contribution < 1.29 is 4.74 Å². The Labute approximate surface area is 116 Å². The van der Waals surface area contributed by atoms with Gasteiger partial charge in [-0.3, -0.25) is 0 Å². The minimum atomic E-state index is 0.805. The van der Waals surface area contributed by atoms with Crippen LogP contribution in [-0.4, -0.2) is 19.1 Å². The summed E-state index contributed by atoms with van der Waals surface area (Å²) in [5, 5.41) is 0. The average molecular weight is 307 g/mol. The van der Waals surface area contributed by atoms with Crippen LogP contribution in [0.2, 0.25) is 0 Å². The molecule has 0 aliphatic rings. The Morgan fingerprint density at radius 2 is 1.94 bits per heavy atom. The first-order valence-electron chi connectivity index (χ1n) is 5.65. The van der Waals surface area contributed by atoms with Gasteiger partial charge in [0.1, 0.15) is 11.6 Å². The van der Waals surface area contributed by atoms with Crippen molar-refractivity contribution in [1.82, 2.24) is 4.98 Å². The van der Waals surface area contributed by atoms with Crippen LogP contribution in [0.25, 0.3) is 0 Å². The molecule has 3 nitrogen and oxygen atoms in total. The monoisotopic (exact) mass is 306 g/mol. The van der Waals surface area contributed by atoms with Crippen molar-refractivity contribution in [3.05, 3.63) is 52.6 Å². The van der Waals surface area contributed by atoms with Crippen LogP contribution in [0.1, 0.15) is 5.56 Å². The number of hydrogen-bond acceptors (Lipinski definition) is 3. The summed E-state index contributed by atoms with van der Waals surface area (Å²) in [6.07, 6.45) is 1.80. The largest absolute Gasteiger partial charge is 0.497 e. The van der Waals surface area contributed by atoms with E-state index in [0.29, 0.717) is 0 Å². The predicted molar refractivity (Wildman–Crippen MR) is 77.0 cm³/mol. The Kier molecular flexibility index (Phi) is 4.20. The molecule has 0 aliphatic heterocycles. The molecule has 1 heterocycles. The molecule has 0 amide bonds. The first-order chi connectivity index (χ1) is 8.70. The zero-order valence-corrected chi connectivity index (χ0v) is 12.0. The lowest BCUT2D eigenvalue weighted by Gasteiger charge is -2.19. The van der Waals surface area contributed by atoms with Gasteiger partial charge in [0.05, 0.1) is 11.6 Å². The summed E-state index contributed by atoms with van der Waals surface area (Å²) in [6, 6.07) is 12.0. The summed E-state index contributed by atoms with van der Waals surface area (Å²) < 4.78 is 6.15. The second-order valence-electron chi connectivity index (χ2n) is 4.01. The van der Waals surface area contributed by atoms with E-state index in [4.69, 9.17) is 4.74 Å². The number of pyridine rings is 1. The van der Waals surface area contributed by atoms with Crippen LogP contribution in [0.4, 0.5) is 5.82 Å². The van der Waals surface area contributed by atoms with Gasteiger partial charge in [0.25, 0.3) is 0 Å². The smallest absolute Gasteiger partial charge is 0.142 e. The highest BCUT2D eigenvalue weighted by molar-refractivity contribution is 9.10. The van der Waals surface area contributed by atoms with Gasteiger partial charge in [-0.2, -0.15) is 0 Å². The van der Waals surface area contributed by atoms with Gasteiger partial charge < -0.3 is 9.64 Å². The molecule has 0 spiro atoms. The van der Waals surface area contributed by atoms with Gasteiger partial charge in [0.2, 0.25) is 0 Å². The third kappa shape index (κ3) is 3.01. The van der Waals surface area contributed by atoms with E-state index in [-0.39, 0.29) is 0 Å². The van der Waals surface area contributed by atoms with Crippen LogP contribution < -0.4 is 9.64 Å². The molecule has 0 aliphatic carbocycles. The van der Waals surface area contributed by atoms with E-state index >= 15 is 0 Å². The van der Waals surface area contributed by atoms with Crippen LogP contribution in [0.3, 0.4) is 0 Å². The summed E-state index contributed by atoms with van der Waals surface area (Å²) in [5.41, 5.74) is 1.22. The minimum absolute atomic E-state index is 0.805. The molecule has 0 saturated carbocycles. The SMILES string of the molecule is COc1ccc(CN(C)c2ncccc2Br)cc1. The van der Waals surface area contributed by atoms with Crippen LogP contribution in [0.15, 0.2) is 47.1 Å². The first kappa shape index (κ1) is 12.9. The van der Waals surface area contributed by atoms with E-state index in [2.05, 4.69) is 37.9 Å². The number of nitrogens with zero attached hydrogens (tertiary/aromatic N) is 2. The number of aromatic nitrogens is 1. The highest BCUT2D eigenvalue weighted by Gasteiger charge is 2.07. The summed E-state index contributed by atoms with van der Waals surface area (Å²) in [4.78, 5) is 6.47. The lowest BCUT2D eigenvalue weighted by atomic mass is 10.2. The molecule has 0 unspecified atom stereocenters. The third-order valence-corrected chi connectivity index (χ3v) is 3.30. The molecular formula is C14H15BrN2O. The zero-order chi connectivity index (χ0) is 13.0. The van der Waals surface area contributed by atoms with Gasteiger partial charge in [-0.1, -0.05) is 12.1 Å². The predicted octanol–water partition coefficient (Wildman–Crippen LogP) is 3.49. The maximum atomic E-state index is 5.14. The van der Waals surface area contributed by atoms with Crippen LogP contribution >= 0.6 is 15.9 Å². The minimum Gasteiger partial charge on any atom is -0.497 e. The second kappa shape index (κ2) is 5.87. The third-order valence-electron chi connectivity index (χ3n) is 2.68. The summed E-state index contributed by atoms with van der Waals surface area (Å²) in [7, 11) is 3.70. The number of benzene rings is 1. The lowest BCUT2D eigenvalue weighted by Crippen LogP contribution is -2.17. The van der Waals surface area contributed by atoms with Gasteiger partial charge in [-0.05, 0) is 45.8 Å². The fourth-order valence-corrected chi connectivity index (χ4v) is 2.30. The zero-order valence-electron chi connectivity index (χ0n) is 10.4. The summed E-state index contributed by atoms with van der Waals surface area (Å²) >= 11 is 3.51. The molecule has 0 saturated heterocycles. The standard InChI is InChI=1S/C14H15BrN2O/c1-17(14-13(15)4-3-9-16-14)10-11-5-7-12(18-2)8-6-11/h3-9H,10H2,1-2H3. The van der Waals surface area contributed by atoms with Crippen molar-refractivity contribution in [1.29, 1.82) is 0 Å². The van der Waals surface area contributed by atoms with Crippen molar-refractivity contribution in [2.24, 2.45) is 0 Å². The molecule has 18 heavy (non-hydrogen) atoms. The molecular weight excluding hydrogens is 292 g/mol. The van der Waals surface area contributed by atoms with Crippen molar-refractivity contribution in [2.75, 3.05) is 19.1 Å². The lowest BCUT2D eigenvalue weighted by molar-refractivity contribution is 0.414. The quantitative estimate of drug-likeness (QED) is 0.864. The van der Waals surface area contributed by atoms with Gasteiger partial charge in [-0.15, -0.1) is 0 Å². The Balaban J connectivity index is 2.11. The molecule has 0 radical (unpaired) electrons. The van der Waals surface area contributed by atoms with Crippen molar-refractivity contribution >= 4 is 21.7 Å². The topological polar surface area (TPSA) is 25.4 Å². The number of hydrogen-bond donors (Lipinski definition) is 0. The average Bonchev–Trinajstić information content (AvgIpc) is 2.40. The number of halogens is 1. The van der Waals surface area contributed by atoms with Crippen molar-refractivity contribution in [2.45, 2.75) is 6.54 Å². The molecule has 94 valence electrons. The van der Waals surface area contributed by atoms with E-state index in [1.165, 1.54) is 5.56 Å². The van der Waals surface area contributed by atoms with E-state index in [0.717, 1.165) is 22.6 Å². The Morgan fingerprint density at radius 3 is 2.56 bits per heavy atom. The van der Waals surface area contributed by atoms with E-state index < -0.39 is 0 Å². The maximum Gasteiger partial charge on any atom is 0.142 e. The fourth-order valence-electron chi connectivity index (χ4n) is 1.74. The molecule has 4 heteroatoms. The fraction of sp³-hybridized carbons (Fsp3) is 0.214. The molecule has 2 rings (SSSR count). The molecule has 0 bridgehead atoms. The maximum absolute atomic E-state index is 5.14.